The van der Waals surface area contributed by atoms with E-state index in [0.717, 1.165) is 11.3 Å². The van der Waals surface area contributed by atoms with Crippen LogP contribution in [0.3, 0.4) is 0 Å². The van der Waals surface area contributed by atoms with Gasteiger partial charge in [-0.1, -0.05) is 11.3 Å². The van der Waals surface area contributed by atoms with E-state index in [1.54, 1.807) is 13.0 Å². The van der Waals surface area contributed by atoms with Crippen molar-refractivity contribution in [2.24, 2.45) is 17.4 Å². The van der Waals surface area contributed by atoms with Crippen molar-refractivity contribution in [2.45, 2.75) is 51.6 Å². The van der Waals surface area contributed by atoms with Crippen LogP contribution in [0.4, 0.5) is 18.7 Å². The molecule has 0 aromatic carbocycles. The van der Waals surface area contributed by atoms with Crippen LogP contribution >= 0.6 is 11.3 Å². The fraction of sp³-hybridized carbons (Fsp3) is 0.500. The number of pyridine rings is 1. The number of amides is 4. The van der Waals surface area contributed by atoms with E-state index in [1.807, 2.05) is 0 Å². The van der Waals surface area contributed by atoms with Crippen molar-refractivity contribution in [2.75, 3.05) is 18.4 Å². The molecule has 2 atom stereocenters. The van der Waals surface area contributed by atoms with Gasteiger partial charge >= 0.3 is 12.1 Å². The molecule has 1 fully saturated rings. The number of likely N-dealkylation sites (tertiary alicyclic amines) is 1. The first kappa shape index (κ1) is 26.4. The molecular formula is C22H29F2N7O3S. The predicted molar refractivity (Wildman–Crippen MR) is 128 cm³/mol. The number of alkyl halides is 2. The molecule has 2 aromatic rings. The lowest BCUT2D eigenvalue weighted by molar-refractivity contribution is -0.123. The highest BCUT2D eigenvalue weighted by Gasteiger charge is 2.45. The van der Waals surface area contributed by atoms with Gasteiger partial charge in [-0.25, -0.2) is 9.78 Å². The van der Waals surface area contributed by atoms with Crippen LogP contribution in [0.25, 0.3) is 10.4 Å². The number of carbonyl (C=O) groups excluding carboxylic acids is 3. The van der Waals surface area contributed by atoms with Crippen LogP contribution in [0.15, 0.2) is 18.3 Å². The Kier molecular flexibility index (Phi) is 7.41. The van der Waals surface area contributed by atoms with Gasteiger partial charge in [0.1, 0.15) is 6.04 Å². The van der Waals surface area contributed by atoms with Crippen molar-refractivity contribution >= 4 is 34.3 Å². The molecular weight excluding hydrogens is 480 g/mol. The summed E-state index contributed by atoms with van der Waals surface area (Å²) in [5.41, 5.74) is 10.2. The van der Waals surface area contributed by atoms with Crippen molar-refractivity contribution in [3.05, 3.63) is 29.7 Å². The second-order valence-corrected chi connectivity index (χ2v) is 10.1. The number of urea groups is 1. The fourth-order valence-electron chi connectivity index (χ4n) is 3.92. The summed E-state index contributed by atoms with van der Waals surface area (Å²) in [5, 5.41) is 5.63. The van der Waals surface area contributed by atoms with Gasteiger partial charge in [0.15, 0.2) is 5.13 Å². The second kappa shape index (κ2) is 9.82. The van der Waals surface area contributed by atoms with E-state index in [0.29, 0.717) is 22.6 Å². The third-order valence-corrected chi connectivity index (χ3v) is 7.32. The van der Waals surface area contributed by atoms with Gasteiger partial charge in [0.2, 0.25) is 11.8 Å². The van der Waals surface area contributed by atoms with Crippen molar-refractivity contribution in [3.8, 4) is 10.4 Å². The normalized spacial score (nSPS) is 18.4. The lowest BCUT2D eigenvalue weighted by Gasteiger charge is -2.30. The number of thiazole rings is 1. The Balaban J connectivity index is 1.80. The zero-order chi connectivity index (χ0) is 26.1. The third-order valence-electron chi connectivity index (χ3n) is 6.19. The van der Waals surface area contributed by atoms with Gasteiger partial charge in [-0.2, -0.15) is 8.78 Å². The average molecular weight is 510 g/mol. The summed E-state index contributed by atoms with van der Waals surface area (Å²) < 4.78 is 27.8. The molecule has 3 rings (SSSR count). The van der Waals surface area contributed by atoms with Crippen LogP contribution in [-0.4, -0.2) is 57.9 Å². The molecule has 0 bridgehead atoms. The molecule has 10 nitrogen and oxygen atoms in total. The van der Waals surface area contributed by atoms with E-state index in [1.165, 1.54) is 37.9 Å². The Hall–Kier alpha value is -3.19. The SMILES string of the molecule is CC(=O)NCC1CCN(C(=O)Nc2nc(C)c(-c3ccnc(C(C)(C)C(N)(F)F)c3)s2)C1C(N)=O. The van der Waals surface area contributed by atoms with Crippen LogP contribution in [0.5, 0.6) is 0 Å². The molecule has 1 aliphatic rings. The number of nitrogens with one attached hydrogen (secondary N) is 2. The zero-order valence-corrected chi connectivity index (χ0v) is 20.7. The molecule has 190 valence electrons. The zero-order valence-electron chi connectivity index (χ0n) is 19.9. The van der Waals surface area contributed by atoms with Crippen molar-refractivity contribution in [3.63, 3.8) is 0 Å². The number of hydrogen-bond acceptors (Lipinski definition) is 7. The van der Waals surface area contributed by atoms with Crippen molar-refractivity contribution in [1.29, 1.82) is 0 Å². The second-order valence-electron chi connectivity index (χ2n) is 9.07. The Morgan fingerprint density at radius 2 is 2.00 bits per heavy atom. The topological polar surface area (TPSA) is 156 Å². The Bertz CT molecular complexity index is 1130. The third kappa shape index (κ3) is 5.56. The van der Waals surface area contributed by atoms with E-state index in [-0.39, 0.29) is 35.7 Å². The summed E-state index contributed by atoms with van der Waals surface area (Å²) in [7, 11) is 0. The Labute approximate surface area is 205 Å². The first-order valence-corrected chi connectivity index (χ1v) is 11.8. The first-order valence-electron chi connectivity index (χ1n) is 10.9. The van der Waals surface area contributed by atoms with E-state index in [2.05, 4.69) is 20.6 Å². The molecule has 2 aromatic heterocycles. The number of halogens is 2. The largest absolute Gasteiger partial charge is 0.368 e. The highest BCUT2D eigenvalue weighted by Crippen LogP contribution is 2.38. The molecule has 1 aliphatic heterocycles. The minimum atomic E-state index is -3.48. The van der Waals surface area contributed by atoms with Gasteiger partial charge in [-0.05, 0) is 44.9 Å². The fourth-order valence-corrected chi connectivity index (χ4v) is 4.88. The number of primary amides is 1. The maximum atomic E-state index is 13.9. The summed E-state index contributed by atoms with van der Waals surface area (Å²) in [4.78, 5) is 46.7. The molecule has 0 spiro atoms. The van der Waals surface area contributed by atoms with Gasteiger partial charge in [0.05, 0.1) is 21.7 Å². The van der Waals surface area contributed by atoms with Gasteiger partial charge in [-0.3, -0.25) is 25.6 Å². The number of aryl methyl sites for hydroxylation is 1. The number of nitrogens with zero attached hydrogens (tertiary/aromatic N) is 3. The molecule has 4 amide bonds. The first-order chi connectivity index (χ1) is 16.2. The molecule has 1 saturated heterocycles. The molecule has 3 heterocycles. The maximum absolute atomic E-state index is 13.9. The quantitative estimate of drug-likeness (QED) is 0.419. The maximum Gasteiger partial charge on any atom is 0.324 e. The van der Waals surface area contributed by atoms with E-state index >= 15 is 0 Å². The Morgan fingerprint density at radius 1 is 1.31 bits per heavy atom. The number of rotatable bonds is 7. The molecule has 0 aliphatic carbocycles. The van der Waals surface area contributed by atoms with Crippen molar-refractivity contribution in [1.82, 2.24) is 20.2 Å². The smallest absolute Gasteiger partial charge is 0.324 e. The van der Waals surface area contributed by atoms with Gasteiger partial charge < -0.3 is 16.0 Å². The number of anilines is 1. The van der Waals surface area contributed by atoms with Crippen LogP contribution < -0.4 is 22.1 Å². The van der Waals surface area contributed by atoms with E-state index in [4.69, 9.17) is 11.5 Å². The molecule has 2 unspecified atom stereocenters. The minimum absolute atomic E-state index is 0.118. The molecule has 0 saturated carbocycles. The summed E-state index contributed by atoms with van der Waals surface area (Å²) in [5.74, 6) is -1.19. The lowest BCUT2D eigenvalue weighted by atomic mass is 9.85. The molecule has 0 radical (unpaired) electrons. The Morgan fingerprint density at radius 3 is 2.60 bits per heavy atom. The summed E-state index contributed by atoms with van der Waals surface area (Å²) >= 11 is 1.16. The van der Waals surface area contributed by atoms with E-state index in [9.17, 15) is 23.2 Å². The summed E-state index contributed by atoms with van der Waals surface area (Å²) in [6.45, 7) is 6.25. The standard InChI is InChI=1S/C22H29F2N7O3S/c1-11-17(13-5-7-27-15(9-13)21(3,4)22(23,24)26)35-19(29-11)30-20(34)31-8-6-14(10-28-12(2)32)16(31)18(25)33/h5,7,9,14,16H,6,8,10,26H2,1-4H3,(H2,25,33)(H,28,32)(H,29,30,34). The molecule has 6 N–H and O–H groups in total. The average Bonchev–Trinajstić information content (AvgIpc) is 3.35. The summed E-state index contributed by atoms with van der Waals surface area (Å²) in [6, 6.07) is -1.70. The monoisotopic (exact) mass is 509 g/mol. The van der Waals surface area contributed by atoms with Gasteiger partial charge in [0, 0.05) is 32.1 Å². The number of carbonyl (C=O) groups is 3. The van der Waals surface area contributed by atoms with Crippen LogP contribution in [0.1, 0.15) is 38.6 Å². The highest BCUT2D eigenvalue weighted by molar-refractivity contribution is 7.19. The van der Waals surface area contributed by atoms with Crippen LogP contribution in [-0.2, 0) is 15.0 Å². The lowest BCUT2D eigenvalue weighted by Crippen LogP contribution is -2.49. The van der Waals surface area contributed by atoms with Crippen LogP contribution in [0.2, 0.25) is 0 Å². The minimum Gasteiger partial charge on any atom is -0.368 e. The molecule has 35 heavy (non-hydrogen) atoms. The number of hydrogen-bond donors (Lipinski definition) is 4. The van der Waals surface area contributed by atoms with Crippen molar-refractivity contribution < 1.29 is 23.2 Å². The molecule has 13 heteroatoms. The van der Waals surface area contributed by atoms with E-state index < -0.39 is 29.4 Å². The van der Waals surface area contributed by atoms with Gasteiger partial charge in [-0.15, -0.1) is 0 Å². The van der Waals surface area contributed by atoms with Gasteiger partial charge in [0.25, 0.3) is 0 Å². The van der Waals surface area contributed by atoms with Crippen LogP contribution in [0, 0.1) is 12.8 Å². The predicted octanol–water partition coefficient (Wildman–Crippen LogP) is 2.19. The number of nitrogens with two attached hydrogens (primary N) is 2. The highest BCUT2D eigenvalue weighted by atomic mass is 32.1. The summed E-state index contributed by atoms with van der Waals surface area (Å²) in [6.07, 6.45) is 1.93. The number of aromatic nitrogens is 2.